The third-order valence-corrected chi connectivity index (χ3v) is 4.28. The molecule has 29 heavy (non-hydrogen) atoms. The number of nitrogens with zero attached hydrogens (tertiary/aromatic N) is 3. The zero-order chi connectivity index (χ0) is 21.6. The number of nitrogen functional groups attached to an aromatic ring is 1. The van der Waals surface area contributed by atoms with E-state index in [0.717, 1.165) is 29.5 Å². The number of hydrogen-bond acceptors (Lipinski definition) is 6. The number of halogens is 2. The van der Waals surface area contributed by atoms with Gasteiger partial charge in [0.1, 0.15) is 11.6 Å². The molecule has 2 aromatic rings. The largest absolute Gasteiger partial charge is 0.383 e. The van der Waals surface area contributed by atoms with E-state index in [0.29, 0.717) is 17.7 Å². The molecule has 0 fully saturated rings. The summed E-state index contributed by atoms with van der Waals surface area (Å²) in [6.45, 7) is 2.37. The number of rotatable bonds is 7. The van der Waals surface area contributed by atoms with Gasteiger partial charge in [-0.15, -0.1) is 0 Å². The summed E-state index contributed by atoms with van der Waals surface area (Å²) in [5, 5.41) is 7.08. The van der Waals surface area contributed by atoms with Crippen molar-refractivity contribution >= 4 is 23.8 Å². The molecular weight excluding hydrogens is 380 g/mol. The smallest absolute Gasteiger partial charge is 0.211 e. The predicted molar refractivity (Wildman–Crippen MR) is 110 cm³/mol. The van der Waals surface area contributed by atoms with Gasteiger partial charge in [0.25, 0.3) is 0 Å². The molecule has 0 saturated carbocycles. The molecule has 10 heteroatoms. The maximum atomic E-state index is 13.6. The summed E-state index contributed by atoms with van der Waals surface area (Å²) in [4.78, 5) is 15.0. The number of amidine groups is 1. The molecule has 0 spiro atoms. The van der Waals surface area contributed by atoms with Gasteiger partial charge in [-0.3, -0.25) is 9.80 Å². The van der Waals surface area contributed by atoms with E-state index in [1.165, 1.54) is 6.20 Å². The Kier molecular flexibility index (Phi) is 7.21. The summed E-state index contributed by atoms with van der Waals surface area (Å²) in [6.07, 6.45) is 2.87. The fourth-order valence-corrected chi connectivity index (χ4v) is 2.71. The summed E-state index contributed by atoms with van der Waals surface area (Å²) in [5.74, 6) is 9.17. The number of nitrogens with one attached hydrogen (secondary N) is 1. The minimum absolute atomic E-state index is 0.0613. The third-order valence-electron chi connectivity index (χ3n) is 4.28. The third kappa shape index (κ3) is 5.05. The monoisotopic (exact) mass is 403 g/mol. The number of pyridine rings is 1. The minimum Gasteiger partial charge on any atom is -0.383 e. The van der Waals surface area contributed by atoms with Crippen LogP contribution in [-0.4, -0.2) is 28.8 Å². The number of aromatic nitrogens is 1. The van der Waals surface area contributed by atoms with Gasteiger partial charge in [0.15, 0.2) is 11.7 Å². The maximum Gasteiger partial charge on any atom is 0.211 e. The first-order valence-electron chi connectivity index (χ1n) is 8.72. The van der Waals surface area contributed by atoms with Crippen molar-refractivity contribution in [3.8, 4) is 11.1 Å². The van der Waals surface area contributed by atoms with Crippen molar-refractivity contribution in [1.29, 1.82) is 0 Å². The Morgan fingerprint density at radius 1 is 1.31 bits per heavy atom. The molecule has 1 heterocycles. The molecule has 8 nitrogen and oxygen atoms in total. The Hall–Kier alpha value is -3.53. The lowest BCUT2D eigenvalue weighted by atomic mass is 10.0. The number of allylic oxidation sites excluding steroid dienone is 1. The van der Waals surface area contributed by atoms with Crippen LogP contribution in [0.1, 0.15) is 25.0 Å². The summed E-state index contributed by atoms with van der Waals surface area (Å²) in [6, 6.07) is 7.16. The lowest BCUT2D eigenvalue weighted by molar-refractivity contribution is -0.105. The van der Waals surface area contributed by atoms with Crippen LogP contribution in [0.5, 0.6) is 0 Å². The van der Waals surface area contributed by atoms with Crippen LogP contribution in [0.2, 0.25) is 0 Å². The van der Waals surface area contributed by atoms with Crippen molar-refractivity contribution in [2.45, 2.75) is 20.3 Å². The van der Waals surface area contributed by atoms with E-state index < -0.39 is 18.2 Å². The first-order chi connectivity index (χ1) is 13.8. The van der Waals surface area contributed by atoms with E-state index in [-0.39, 0.29) is 17.2 Å². The highest BCUT2D eigenvalue weighted by molar-refractivity contribution is 6.03. The Morgan fingerprint density at radius 2 is 2.03 bits per heavy atom. The fraction of sp³-hybridized carbons (Fsp3) is 0.211. The zero-order valence-corrected chi connectivity index (χ0v) is 16.1. The number of benzene rings is 1. The second kappa shape index (κ2) is 9.60. The van der Waals surface area contributed by atoms with Crippen LogP contribution in [0.4, 0.5) is 20.3 Å². The van der Waals surface area contributed by atoms with Crippen LogP contribution in [0.25, 0.3) is 11.1 Å². The van der Waals surface area contributed by atoms with Crippen molar-refractivity contribution in [3.63, 3.8) is 0 Å². The van der Waals surface area contributed by atoms with Crippen molar-refractivity contribution in [2.24, 2.45) is 16.8 Å². The molecule has 2 rings (SSSR count). The molecule has 0 aliphatic carbocycles. The van der Waals surface area contributed by atoms with Gasteiger partial charge >= 0.3 is 0 Å². The van der Waals surface area contributed by atoms with Crippen LogP contribution >= 0.6 is 0 Å². The lowest BCUT2D eigenvalue weighted by Gasteiger charge is -2.20. The van der Waals surface area contributed by atoms with Gasteiger partial charge < -0.3 is 16.9 Å². The number of carbonyl (C=O) groups excluding carboxylic acids is 1. The van der Waals surface area contributed by atoms with Gasteiger partial charge in [0.2, 0.25) is 6.41 Å². The van der Waals surface area contributed by atoms with E-state index in [1.54, 1.807) is 12.1 Å². The van der Waals surface area contributed by atoms with Crippen LogP contribution in [0.15, 0.2) is 47.2 Å². The Morgan fingerprint density at radius 3 is 2.62 bits per heavy atom. The number of amides is 1. The van der Waals surface area contributed by atoms with Crippen molar-refractivity contribution < 1.29 is 13.6 Å². The van der Waals surface area contributed by atoms with Gasteiger partial charge in [-0.1, -0.05) is 19.1 Å². The van der Waals surface area contributed by atoms with Gasteiger partial charge in [-0.2, -0.15) is 5.10 Å². The topological polar surface area (TPSA) is 136 Å². The highest BCUT2D eigenvalue weighted by Gasteiger charge is 2.18. The van der Waals surface area contributed by atoms with E-state index in [1.807, 2.05) is 19.1 Å². The van der Waals surface area contributed by atoms with Crippen LogP contribution in [-0.2, 0) is 11.2 Å². The molecule has 1 aromatic heterocycles. The van der Waals surface area contributed by atoms with Crippen LogP contribution < -0.4 is 22.7 Å². The summed E-state index contributed by atoms with van der Waals surface area (Å²) in [7, 11) is 0. The molecule has 0 aliphatic rings. The fourth-order valence-electron chi connectivity index (χ4n) is 2.71. The maximum absolute atomic E-state index is 13.6. The molecule has 0 saturated heterocycles. The lowest BCUT2D eigenvalue weighted by Crippen LogP contribution is -2.40. The number of anilines is 2. The molecule has 0 aliphatic heterocycles. The number of hydrazine groups is 1. The normalized spacial score (nSPS) is 12.4. The van der Waals surface area contributed by atoms with E-state index in [2.05, 4.69) is 15.4 Å². The predicted octanol–water partition coefficient (Wildman–Crippen LogP) is 2.43. The summed E-state index contributed by atoms with van der Waals surface area (Å²) >= 11 is 0. The first-order valence-corrected chi connectivity index (χ1v) is 8.72. The Labute approximate surface area is 167 Å². The molecule has 7 N–H and O–H groups in total. The average molecular weight is 403 g/mol. The van der Waals surface area contributed by atoms with Crippen LogP contribution in [0, 0.1) is 0 Å². The summed E-state index contributed by atoms with van der Waals surface area (Å²) < 4.78 is 26.7. The van der Waals surface area contributed by atoms with Gasteiger partial charge in [-0.05, 0) is 36.6 Å². The number of hydrazone groups is 1. The van der Waals surface area contributed by atoms with E-state index in [9.17, 15) is 13.6 Å². The van der Waals surface area contributed by atoms with Gasteiger partial charge in [-0.25, -0.2) is 19.6 Å². The van der Waals surface area contributed by atoms with Crippen molar-refractivity contribution in [3.05, 3.63) is 53.2 Å². The SMILES string of the molecule is CCc1ccc(-c2cnc(N)c(/C(=N/N)N(N)C/C(F)=C(\C)F)c2)cc1NC=O. The standard InChI is InChI=1S/C19H23F2N7O/c1-3-12-4-5-13(7-17(12)26-10-29)14-6-15(18(22)25-8-14)19(27-23)28(24)9-16(21)11(2)20/h4-8,10H,3,9,23-24H2,1-2H3,(H2,22,25)(H,26,29)/b16-11-,27-19-. The first kappa shape index (κ1) is 21.8. The Balaban J connectivity index is 2.47. The highest BCUT2D eigenvalue weighted by atomic mass is 19.2. The Bertz CT molecular complexity index is 956. The second-order valence-electron chi connectivity index (χ2n) is 6.16. The molecule has 0 radical (unpaired) electrons. The number of nitrogens with two attached hydrogens (primary N) is 3. The minimum atomic E-state index is -1.06. The molecule has 1 amide bonds. The zero-order valence-electron chi connectivity index (χ0n) is 16.1. The van der Waals surface area contributed by atoms with Crippen molar-refractivity contribution in [1.82, 2.24) is 9.99 Å². The molecular formula is C19H23F2N7O. The molecule has 0 bridgehead atoms. The van der Waals surface area contributed by atoms with E-state index in [4.69, 9.17) is 17.4 Å². The molecule has 0 atom stereocenters. The molecule has 0 unspecified atom stereocenters. The van der Waals surface area contributed by atoms with E-state index >= 15 is 0 Å². The molecule has 1 aromatic carbocycles. The second-order valence-corrected chi connectivity index (χ2v) is 6.16. The summed E-state index contributed by atoms with van der Waals surface area (Å²) in [5.41, 5.74) is 9.18. The molecule has 154 valence electrons. The van der Waals surface area contributed by atoms with Crippen LogP contribution in [0.3, 0.4) is 0 Å². The average Bonchev–Trinajstić information content (AvgIpc) is 2.70. The quantitative estimate of drug-likeness (QED) is 0.184. The van der Waals surface area contributed by atoms with Crippen molar-refractivity contribution in [2.75, 3.05) is 17.6 Å². The van der Waals surface area contributed by atoms with Gasteiger partial charge in [0.05, 0.1) is 12.1 Å². The number of hydrogen-bond donors (Lipinski definition) is 4. The number of aryl methyl sites for hydroxylation is 1. The number of carbonyl (C=O) groups is 1. The van der Waals surface area contributed by atoms with Gasteiger partial charge in [0, 0.05) is 17.4 Å². The highest BCUT2D eigenvalue weighted by Crippen LogP contribution is 2.28.